The van der Waals surface area contributed by atoms with E-state index in [1.54, 1.807) is 13.8 Å². The lowest BCUT2D eigenvalue weighted by Crippen LogP contribution is -2.70. The number of aliphatic carboxylic acids is 1. The van der Waals surface area contributed by atoms with Crippen LogP contribution in [0, 0.1) is 0 Å². The average Bonchev–Trinajstić information content (AvgIpc) is 2.43. The standard InChI is InChI=1S/C10H14N2O4S/c1-4(13)11-5-7(14)12-6(9(15)16)10(2,3)17-8(5)12/h5-6,8H,1-3H3,(H,11,13)(H,15,16). The average molecular weight is 258 g/mol. The minimum Gasteiger partial charge on any atom is -0.480 e. The van der Waals surface area contributed by atoms with Crippen LogP contribution >= 0.6 is 11.8 Å². The van der Waals surface area contributed by atoms with Crippen molar-refractivity contribution >= 4 is 29.5 Å². The number of amides is 2. The van der Waals surface area contributed by atoms with Crippen molar-refractivity contribution in [3.63, 3.8) is 0 Å². The molecule has 2 saturated heterocycles. The number of nitrogens with zero attached hydrogens (tertiary/aromatic N) is 1. The highest BCUT2D eigenvalue weighted by molar-refractivity contribution is 8.01. The Bertz CT molecular complexity index is 409. The summed E-state index contributed by atoms with van der Waals surface area (Å²) in [6.07, 6.45) is 0. The zero-order valence-corrected chi connectivity index (χ0v) is 10.6. The van der Waals surface area contributed by atoms with Crippen LogP contribution in [-0.4, -0.2) is 50.0 Å². The lowest BCUT2D eigenvalue weighted by molar-refractivity contribution is -0.161. The summed E-state index contributed by atoms with van der Waals surface area (Å²) in [5, 5.41) is 11.5. The summed E-state index contributed by atoms with van der Waals surface area (Å²) in [6, 6.07) is -1.41. The number of β-lactam (4-membered cyclic amide) rings is 1. The molecule has 0 bridgehead atoms. The van der Waals surface area contributed by atoms with Gasteiger partial charge in [-0.05, 0) is 13.8 Å². The molecule has 2 heterocycles. The minimum atomic E-state index is -1.00. The van der Waals surface area contributed by atoms with Crippen molar-refractivity contribution in [3.05, 3.63) is 0 Å². The molecule has 7 heteroatoms. The summed E-state index contributed by atoms with van der Waals surface area (Å²) >= 11 is 1.42. The van der Waals surface area contributed by atoms with E-state index in [0.717, 1.165) is 0 Å². The largest absolute Gasteiger partial charge is 0.480 e. The van der Waals surface area contributed by atoms with E-state index in [9.17, 15) is 14.4 Å². The topological polar surface area (TPSA) is 86.7 Å². The molecule has 2 fully saturated rings. The van der Waals surface area contributed by atoms with Gasteiger partial charge in [-0.3, -0.25) is 9.59 Å². The second kappa shape index (κ2) is 3.63. The van der Waals surface area contributed by atoms with Gasteiger partial charge in [0.05, 0.1) is 0 Å². The predicted molar refractivity (Wildman–Crippen MR) is 61.3 cm³/mol. The van der Waals surface area contributed by atoms with Crippen molar-refractivity contribution < 1.29 is 19.5 Å². The van der Waals surface area contributed by atoms with Crippen LogP contribution in [0.5, 0.6) is 0 Å². The molecule has 3 atom stereocenters. The van der Waals surface area contributed by atoms with Gasteiger partial charge in [-0.25, -0.2) is 4.79 Å². The lowest BCUT2D eigenvalue weighted by Gasteiger charge is -2.43. The molecule has 17 heavy (non-hydrogen) atoms. The number of nitrogens with one attached hydrogen (secondary N) is 1. The van der Waals surface area contributed by atoms with E-state index in [4.69, 9.17) is 5.11 Å². The number of thioether (sulfide) groups is 1. The Labute approximate surface area is 103 Å². The van der Waals surface area contributed by atoms with Gasteiger partial charge in [-0.1, -0.05) is 0 Å². The number of carbonyl (C=O) groups is 3. The number of rotatable bonds is 2. The maximum absolute atomic E-state index is 11.8. The molecule has 2 N–H and O–H groups in total. The highest BCUT2D eigenvalue weighted by Crippen LogP contribution is 2.50. The van der Waals surface area contributed by atoms with Gasteiger partial charge in [-0.15, -0.1) is 11.8 Å². The summed E-state index contributed by atoms with van der Waals surface area (Å²) < 4.78 is -0.542. The summed E-state index contributed by atoms with van der Waals surface area (Å²) in [5.41, 5.74) is 0. The van der Waals surface area contributed by atoms with Crippen LogP contribution in [0.4, 0.5) is 0 Å². The van der Waals surface area contributed by atoms with Crippen molar-refractivity contribution in [1.29, 1.82) is 0 Å². The molecule has 0 aliphatic carbocycles. The van der Waals surface area contributed by atoms with E-state index in [1.807, 2.05) is 0 Å². The van der Waals surface area contributed by atoms with Crippen molar-refractivity contribution in [2.24, 2.45) is 0 Å². The van der Waals surface area contributed by atoms with E-state index >= 15 is 0 Å². The van der Waals surface area contributed by atoms with Crippen molar-refractivity contribution in [2.75, 3.05) is 0 Å². The van der Waals surface area contributed by atoms with Crippen LogP contribution < -0.4 is 5.32 Å². The highest BCUT2D eigenvalue weighted by atomic mass is 32.2. The molecule has 6 nitrogen and oxygen atoms in total. The fourth-order valence-corrected chi connectivity index (χ4v) is 3.99. The van der Waals surface area contributed by atoms with Crippen molar-refractivity contribution in [1.82, 2.24) is 10.2 Å². The molecular formula is C10H14N2O4S. The highest BCUT2D eigenvalue weighted by Gasteiger charge is 2.64. The first-order valence-electron chi connectivity index (χ1n) is 5.25. The molecule has 3 unspecified atom stereocenters. The van der Waals surface area contributed by atoms with Crippen LogP contribution in [-0.2, 0) is 14.4 Å². The number of carboxylic acids is 1. The monoisotopic (exact) mass is 258 g/mol. The lowest BCUT2D eigenvalue weighted by atomic mass is 9.96. The summed E-state index contributed by atoms with van der Waals surface area (Å²) in [6.45, 7) is 4.94. The Morgan fingerprint density at radius 2 is 2.06 bits per heavy atom. The Hall–Kier alpha value is -1.24. The van der Waals surface area contributed by atoms with Gasteiger partial charge in [0.1, 0.15) is 17.5 Å². The first-order valence-corrected chi connectivity index (χ1v) is 6.13. The molecule has 0 spiro atoms. The van der Waals surface area contributed by atoms with Gasteiger partial charge >= 0.3 is 5.97 Å². The number of fused-ring (bicyclic) bond motifs is 1. The van der Waals surface area contributed by atoms with Crippen molar-refractivity contribution in [2.45, 2.75) is 43.0 Å². The number of hydrogen-bond acceptors (Lipinski definition) is 4. The maximum Gasteiger partial charge on any atom is 0.327 e. The third kappa shape index (κ3) is 1.69. The Balaban J connectivity index is 2.21. The van der Waals surface area contributed by atoms with Gasteiger partial charge in [0, 0.05) is 11.7 Å². The van der Waals surface area contributed by atoms with Gasteiger partial charge in [-0.2, -0.15) is 0 Å². The molecule has 0 aromatic rings. The quantitative estimate of drug-likeness (QED) is 0.660. The number of hydrogen-bond donors (Lipinski definition) is 2. The van der Waals surface area contributed by atoms with E-state index < -0.39 is 22.8 Å². The molecule has 0 radical (unpaired) electrons. The molecular weight excluding hydrogens is 244 g/mol. The van der Waals surface area contributed by atoms with Crippen molar-refractivity contribution in [3.8, 4) is 0 Å². The molecule has 2 amide bonds. The van der Waals surface area contributed by atoms with E-state index in [-0.39, 0.29) is 17.2 Å². The number of carboxylic acid groups (broad SMARTS) is 1. The smallest absolute Gasteiger partial charge is 0.327 e. The molecule has 2 rings (SSSR count). The van der Waals surface area contributed by atoms with Crippen LogP contribution in [0.1, 0.15) is 20.8 Å². The van der Waals surface area contributed by atoms with Crippen LogP contribution in [0.15, 0.2) is 0 Å². The fraction of sp³-hybridized carbons (Fsp3) is 0.700. The second-order valence-corrected chi connectivity index (χ2v) is 6.55. The molecule has 2 aliphatic heterocycles. The zero-order chi connectivity index (χ0) is 13.0. The van der Waals surface area contributed by atoms with Gasteiger partial charge in [0.25, 0.3) is 0 Å². The van der Waals surface area contributed by atoms with Crippen LogP contribution in [0.3, 0.4) is 0 Å². The minimum absolute atomic E-state index is 0.262. The predicted octanol–water partition coefficient (Wildman–Crippen LogP) is -0.362. The summed E-state index contributed by atoms with van der Waals surface area (Å²) in [7, 11) is 0. The Kier molecular flexibility index (Phi) is 2.61. The Morgan fingerprint density at radius 3 is 2.53 bits per heavy atom. The molecule has 0 aromatic heterocycles. The maximum atomic E-state index is 11.8. The van der Waals surface area contributed by atoms with Crippen LogP contribution in [0.2, 0.25) is 0 Å². The summed E-state index contributed by atoms with van der Waals surface area (Å²) in [4.78, 5) is 35.3. The first-order chi connectivity index (χ1) is 7.75. The SMILES string of the molecule is CC(=O)NC1C(=O)N2C1SC(C)(C)C2C(=O)O. The van der Waals surface area contributed by atoms with Crippen LogP contribution in [0.25, 0.3) is 0 Å². The molecule has 2 aliphatic rings. The fourth-order valence-electron chi connectivity index (χ4n) is 2.36. The zero-order valence-electron chi connectivity index (χ0n) is 9.76. The second-order valence-electron chi connectivity index (χ2n) is 4.78. The molecule has 0 saturated carbocycles. The first kappa shape index (κ1) is 12.2. The number of carbonyl (C=O) groups excluding carboxylic acids is 2. The van der Waals surface area contributed by atoms with E-state index in [1.165, 1.54) is 23.6 Å². The molecule has 94 valence electrons. The molecule has 0 aromatic carbocycles. The summed E-state index contributed by atoms with van der Waals surface area (Å²) in [5.74, 6) is -1.59. The van der Waals surface area contributed by atoms with E-state index in [2.05, 4.69) is 5.32 Å². The van der Waals surface area contributed by atoms with Gasteiger partial charge in [0.15, 0.2) is 0 Å². The van der Waals surface area contributed by atoms with E-state index in [0.29, 0.717) is 0 Å². The third-order valence-corrected chi connectivity index (χ3v) is 4.61. The van der Waals surface area contributed by atoms with Gasteiger partial charge in [0.2, 0.25) is 11.8 Å². The third-order valence-electron chi connectivity index (χ3n) is 3.03. The normalized spacial score (nSPS) is 33.9. The van der Waals surface area contributed by atoms with Gasteiger partial charge < -0.3 is 15.3 Å². The Morgan fingerprint density at radius 1 is 1.47 bits per heavy atom.